The van der Waals surface area contributed by atoms with Crippen LogP contribution in [0.1, 0.15) is 59.8 Å². The van der Waals surface area contributed by atoms with Gasteiger partial charge in [0.1, 0.15) is 0 Å². The molecule has 15 heavy (non-hydrogen) atoms. The van der Waals surface area contributed by atoms with Crippen LogP contribution in [0, 0.1) is 11.8 Å². The zero-order valence-electron chi connectivity index (χ0n) is 10.7. The van der Waals surface area contributed by atoms with Gasteiger partial charge in [0.2, 0.25) is 0 Å². The Balaban J connectivity index is 3.40. The number of hydrogen-bond donors (Lipinski definition) is 0. The Morgan fingerprint density at radius 2 is 1.80 bits per heavy atom. The molecule has 0 saturated heterocycles. The highest BCUT2D eigenvalue weighted by atomic mass is 16.5. The van der Waals surface area contributed by atoms with Crippen LogP contribution in [-0.4, -0.2) is 12.6 Å². The zero-order chi connectivity index (χ0) is 11.7. The molecule has 0 aliphatic rings. The van der Waals surface area contributed by atoms with E-state index in [1.807, 2.05) is 6.92 Å². The standard InChI is InChI=1S/C13H26O2/c1-5-15-13(14)10-9-12(4)8-6-7-11(2)3/h11-12H,5-10H2,1-4H3/t12-/m1/s1. The Hall–Kier alpha value is -0.530. The van der Waals surface area contributed by atoms with Gasteiger partial charge in [-0.15, -0.1) is 0 Å². The smallest absolute Gasteiger partial charge is 0.305 e. The summed E-state index contributed by atoms with van der Waals surface area (Å²) in [5.74, 6) is 1.39. The predicted octanol–water partition coefficient (Wildman–Crippen LogP) is 3.79. The van der Waals surface area contributed by atoms with E-state index in [0.29, 0.717) is 18.9 Å². The largest absolute Gasteiger partial charge is 0.466 e. The highest BCUT2D eigenvalue weighted by Gasteiger charge is 2.07. The van der Waals surface area contributed by atoms with Crippen molar-refractivity contribution < 1.29 is 9.53 Å². The van der Waals surface area contributed by atoms with E-state index >= 15 is 0 Å². The monoisotopic (exact) mass is 214 g/mol. The lowest BCUT2D eigenvalue weighted by atomic mass is 9.96. The molecule has 0 unspecified atom stereocenters. The molecule has 0 aromatic rings. The second kappa shape index (κ2) is 8.75. The average molecular weight is 214 g/mol. The topological polar surface area (TPSA) is 26.3 Å². The van der Waals surface area contributed by atoms with E-state index in [-0.39, 0.29) is 5.97 Å². The first-order chi connectivity index (χ1) is 7.06. The fourth-order valence-corrected chi connectivity index (χ4v) is 1.62. The molecule has 0 fully saturated rings. The number of esters is 1. The summed E-state index contributed by atoms with van der Waals surface area (Å²) in [5, 5.41) is 0. The predicted molar refractivity (Wildman–Crippen MR) is 63.7 cm³/mol. The van der Waals surface area contributed by atoms with E-state index in [2.05, 4.69) is 20.8 Å². The highest BCUT2D eigenvalue weighted by molar-refractivity contribution is 5.69. The second-order valence-electron chi connectivity index (χ2n) is 4.77. The molecule has 0 N–H and O–H groups in total. The number of ether oxygens (including phenoxy) is 1. The molecule has 0 radical (unpaired) electrons. The van der Waals surface area contributed by atoms with Crippen LogP contribution < -0.4 is 0 Å². The van der Waals surface area contributed by atoms with E-state index in [4.69, 9.17) is 4.74 Å². The van der Waals surface area contributed by atoms with Gasteiger partial charge in [-0.05, 0) is 25.2 Å². The van der Waals surface area contributed by atoms with Crippen LogP contribution in [0.25, 0.3) is 0 Å². The van der Waals surface area contributed by atoms with Crippen molar-refractivity contribution in [1.29, 1.82) is 0 Å². The van der Waals surface area contributed by atoms with Crippen LogP contribution in [0.3, 0.4) is 0 Å². The van der Waals surface area contributed by atoms with Crippen molar-refractivity contribution in [3.8, 4) is 0 Å². The highest BCUT2D eigenvalue weighted by Crippen LogP contribution is 2.16. The minimum Gasteiger partial charge on any atom is -0.466 e. The molecular formula is C13H26O2. The summed E-state index contributed by atoms with van der Waals surface area (Å²) in [6.07, 6.45) is 5.36. The zero-order valence-corrected chi connectivity index (χ0v) is 10.7. The third kappa shape index (κ3) is 9.77. The van der Waals surface area contributed by atoms with E-state index in [0.717, 1.165) is 12.3 Å². The molecule has 0 bridgehead atoms. The van der Waals surface area contributed by atoms with Gasteiger partial charge < -0.3 is 4.74 Å². The third-order valence-electron chi connectivity index (χ3n) is 2.62. The summed E-state index contributed by atoms with van der Waals surface area (Å²) in [7, 11) is 0. The molecule has 0 heterocycles. The molecular weight excluding hydrogens is 188 g/mol. The van der Waals surface area contributed by atoms with Crippen LogP contribution in [0.15, 0.2) is 0 Å². The molecule has 90 valence electrons. The molecule has 2 heteroatoms. The minimum atomic E-state index is -0.0480. The van der Waals surface area contributed by atoms with E-state index < -0.39 is 0 Å². The summed E-state index contributed by atoms with van der Waals surface area (Å²) in [6.45, 7) is 9.08. The van der Waals surface area contributed by atoms with Gasteiger partial charge in [-0.2, -0.15) is 0 Å². The summed E-state index contributed by atoms with van der Waals surface area (Å²) >= 11 is 0. The lowest BCUT2D eigenvalue weighted by molar-refractivity contribution is -0.143. The SMILES string of the molecule is CCOC(=O)CC[C@H](C)CCCC(C)C. The van der Waals surface area contributed by atoms with Crippen molar-refractivity contribution in [1.82, 2.24) is 0 Å². The molecule has 0 saturated carbocycles. The molecule has 0 rings (SSSR count). The Labute approximate surface area is 94.4 Å². The summed E-state index contributed by atoms with van der Waals surface area (Å²) < 4.78 is 4.90. The van der Waals surface area contributed by atoms with Crippen LogP contribution in [0.5, 0.6) is 0 Å². The lowest BCUT2D eigenvalue weighted by Crippen LogP contribution is -2.06. The summed E-state index contributed by atoms with van der Waals surface area (Å²) in [4.78, 5) is 11.1. The van der Waals surface area contributed by atoms with Gasteiger partial charge >= 0.3 is 5.97 Å². The van der Waals surface area contributed by atoms with Gasteiger partial charge in [-0.25, -0.2) is 0 Å². The maximum absolute atomic E-state index is 11.1. The van der Waals surface area contributed by atoms with Crippen molar-refractivity contribution in [2.75, 3.05) is 6.61 Å². The average Bonchev–Trinajstić information content (AvgIpc) is 2.14. The van der Waals surface area contributed by atoms with Crippen molar-refractivity contribution in [2.24, 2.45) is 11.8 Å². The number of carbonyl (C=O) groups excluding carboxylic acids is 1. The van der Waals surface area contributed by atoms with Crippen molar-refractivity contribution in [3.05, 3.63) is 0 Å². The van der Waals surface area contributed by atoms with Crippen molar-refractivity contribution >= 4 is 5.97 Å². The maximum Gasteiger partial charge on any atom is 0.305 e. The fraction of sp³-hybridized carbons (Fsp3) is 0.923. The first-order valence-electron chi connectivity index (χ1n) is 6.21. The van der Waals surface area contributed by atoms with Crippen LogP contribution >= 0.6 is 0 Å². The van der Waals surface area contributed by atoms with Crippen LogP contribution in [-0.2, 0) is 9.53 Å². The molecule has 0 aliphatic carbocycles. The molecule has 1 atom stereocenters. The molecule has 0 aromatic carbocycles. The molecule has 0 amide bonds. The summed E-state index contributed by atoms with van der Waals surface area (Å²) in [5.41, 5.74) is 0. The second-order valence-corrected chi connectivity index (χ2v) is 4.77. The van der Waals surface area contributed by atoms with Gasteiger partial charge in [0.25, 0.3) is 0 Å². The molecule has 0 spiro atoms. The van der Waals surface area contributed by atoms with Crippen molar-refractivity contribution in [2.45, 2.75) is 59.8 Å². The Morgan fingerprint density at radius 3 is 2.33 bits per heavy atom. The molecule has 0 aromatic heterocycles. The first kappa shape index (κ1) is 14.5. The minimum absolute atomic E-state index is 0.0480. The van der Waals surface area contributed by atoms with Crippen molar-refractivity contribution in [3.63, 3.8) is 0 Å². The van der Waals surface area contributed by atoms with Gasteiger partial charge in [-0.1, -0.05) is 40.0 Å². The number of hydrogen-bond acceptors (Lipinski definition) is 2. The van der Waals surface area contributed by atoms with Gasteiger partial charge in [0.05, 0.1) is 6.61 Å². The van der Waals surface area contributed by atoms with Gasteiger partial charge in [0, 0.05) is 6.42 Å². The number of carbonyl (C=O) groups is 1. The molecule has 2 nitrogen and oxygen atoms in total. The first-order valence-corrected chi connectivity index (χ1v) is 6.21. The van der Waals surface area contributed by atoms with E-state index in [1.165, 1.54) is 19.3 Å². The quantitative estimate of drug-likeness (QED) is 0.575. The Bertz CT molecular complexity index is 164. The van der Waals surface area contributed by atoms with Gasteiger partial charge in [-0.3, -0.25) is 4.79 Å². The van der Waals surface area contributed by atoms with Gasteiger partial charge in [0.15, 0.2) is 0 Å². The third-order valence-corrected chi connectivity index (χ3v) is 2.62. The fourth-order valence-electron chi connectivity index (χ4n) is 1.62. The lowest BCUT2D eigenvalue weighted by Gasteiger charge is -2.11. The maximum atomic E-state index is 11.1. The van der Waals surface area contributed by atoms with Crippen LogP contribution in [0.2, 0.25) is 0 Å². The summed E-state index contributed by atoms with van der Waals surface area (Å²) in [6, 6.07) is 0. The normalized spacial score (nSPS) is 12.9. The van der Waals surface area contributed by atoms with Crippen LogP contribution in [0.4, 0.5) is 0 Å². The number of rotatable bonds is 8. The van der Waals surface area contributed by atoms with E-state index in [9.17, 15) is 4.79 Å². The molecule has 0 aliphatic heterocycles. The Kier molecular flexibility index (Phi) is 8.44. The van der Waals surface area contributed by atoms with E-state index in [1.54, 1.807) is 0 Å². The Morgan fingerprint density at radius 1 is 1.13 bits per heavy atom.